The standard InChI is InChI=1S/C21H29N5O2S/c1-14-8-10-16(11-9-14)22-19(27)12-18-24-25-21(26(18)3)29-13-20(28)23-17-7-5-4-6-15(17)2/h8-11,15,17H,4-7,12-13H2,1-3H3,(H,22,27)(H,23,28)/t15-,17+/m1/s1. The molecule has 1 aromatic heterocycles. The molecule has 2 N–H and O–H groups in total. The highest BCUT2D eigenvalue weighted by Gasteiger charge is 2.23. The van der Waals surface area contributed by atoms with Crippen molar-refractivity contribution in [2.75, 3.05) is 11.1 Å². The van der Waals surface area contributed by atoms with Crippen LogP contribution in [0, 0.1) is 12.8 Å². The predicted octanol–water partition coefficient (Wildman–Crippen LogP) is 3.09. The second-order valence-corrected chi connectivity index (χ2v) is 8.72. The molecule has 1 fully saturated rings. The quantitative estimate of drug-likeness (QED) is 0.679. The third-order valence-corrected chi connectivity index (χ3v) is 6.39. The van der Waals surface area contributed by atoms with Gasteiger partial charge in [-0.25, -0.2) is 0 Å². The first-order valence-corrected chi connectivity index (χ1v) is 11.1. The van der Waals surface area contributed by atoms with Crippen LogP contribution in [0.1, 0.15) is 44.0 Å². The molecule has 156 valence electrons. The van der Waals surface area contributed by atoms with E-state index in [0.29, 0.717) is 22.7 Å². The van der Waals surface area contributed by atoms with Gasteiger partial charge >= 0.3 is 0 Å². The fourth-order valence-corrected chi connectivity index (χ4v) is 4.26. The van der Waals surface area contributed by atoms with Gasteiger partial charge in [0.2, 0.25) is 11.8 Å². The molecule has 1 aliphatic rings. The van der Waals surface area contributed by atoms with E-state index in [-0.39, 0.29) is 24.3 Å². The fraction of sp³-hybridized carbons (Fsp3) is 0.524. The number of aryl methyl sites for hydroxylation is 1. The van der Waals surface area contributed by atoms with E-state index in [1.54, 1.807) is 4.57 Å². The van der Waals surface area contributed by atoms with Crippen molar-refractivity contribution in [3.8, 4) is 0 Å². The van der Waals surface area contributed by atoms with Gasteiger partial charge in [-0.1, -0.05) is 49.2 Å². The Labute approximate surface area is 176 Å². The van der Waals surface area contributed by atoms with Gasteiger partial charge in [-0.2, -0.15) is 0 Å². The molecule has 0 radical (unpaired) electrons. The summed E-state index contributed by atoms with van der Waals surface area (Å²) in [6.45, 7) is 4.20. The molecule has 0 saturated heterocycles. The number of thioether (sulfide) groups is 1. The molecule has 29 heavy (non-hydrogen) atoms. The maximum absolute atomic E-state index is 12.3. The van der Waals surface area contributed by atoms with Crippen molar-refractivity contribution in [3.05, 3.63) is 35.7 Å². The van der Waals surface area contributed by atoms with Crippen molar-refractivity contribution in [2.24, 2.45) is 13.0 Å². The zero-order valence-corrected chi connectivity index (χ0v) is 18.1. The van der Waals surface area contributed by atoms with Gasteiger partial charge in [-0.15, -0.1) is 10.2 Å². The topological polar surface area (TPSA) is 88.9 Å². The minimum Gasteiger partial charge on any atom is -0.352 e. The number of rotatable bonds is 7. The Morgan fingerprint density at radius 1 is 1.14 bits per heavy atom. The van der Waals surface area contributed by atoms with E-state index in [4.69, 9.17) is 0 Å². The Balaban J connectivity index is 1.49. The molecule has 8 heteroatoms. The van der Waals surface area contributed by atoms with Crippen LogP contribution in [0.15, 0.2) is 29.4 Å². The van der Waals surface area contributed by atoms with Crippen LogP contribution in [-0.2, 0) is 23.1 Å². The van der Waals surface area contributed by atoms with Gasteiger partial charge < -0.3 is 15.2 Å². The summed E-state index contributed by atoms with van der Waals surface area (Å²) in [5, 5.41) is 14.9. The maximum Gasteiger partial charge on any atom is 0.232 e. The molecule has 2 atom stereocenters. The van der Waals surface area contributed by atoms with Crippen LogP contribution in [0.25, 0.3) is 0 Å². The van der Waals surface area contributed by atoms with Crippen LogP contribution in [0.2, 0.25) is 0 Å². The van der Waals surface area contributed by atoms with E-state index in [0.717, 1.165) is 17.7 Å². The number of amides is 2. The van der Waals surface area contributed by atoms with Crippen molar-refractivity contribution in [1.29, 1.82) is 0 Å². The van der Waals surface area contributed by atoms with Crippen LogP contribution in [0.4, 0.5) is 5.69 Å². The van der Waals surface area contributed by atoms with Gasteiger partial charge in [-0.05, 0) is 37.8 Å². The van der Waals surface area contributed by atoms with Crippen LogP contribution in [0.5, 0.6) is 0 Å². The van der Waals surface area contributed by atoms with Crippen molar-refractivity contribution in [2.45, 2.75) is 57.1 Å². The molecule has 1 saturated carbocycles. The smallest absolute Gasteiger partial charge is 0.232 e. The molecule has 0 bridgehead atoms. The van der Waals surface area contributed by atoms with Gasteiger partial charge in [0, 0.05) is 18.8 Å². The van der Waals surface area contributed by atoms with Crippen molar-refractivity contribution in [3.63, 3.8) is 0 Å². The largest absolute Gasteiger partial charge is 0.352 e. The summed E-state index contributed by atoms with van der Waals surface area (Å²) in [5.74, 6) is 1.27. The van der Waals surface area contributed by atoms with Gasteiger partial charge in [0.1, 0.15) is 5.82 Å². The lowest BCUT2D eigenvalue weighted by molar-refractivity contribution is -0.120. The van der Waals surface area contributed by atoms with Gasteiger partial charge in [0.15, 0.2) is 5.16 Å². The molecule has 0 aliphatic heterocycles. The Kier molecular flexibility index (Phi) is 7.30. The number of hydrogen-bond acceptors (Lipinski definition) is 5. The van der Waals surface area contributed by atoms with Crippen LogP contribution in [0.3, 0.4) is 0 Å². The molecule has 1 aliphatic carbocycles. The van der Waals surface area contributed by atoms with Crippen molar-refractivity contribution in [1.82, 2.24) is 20.1 Å². The molecule has 2 amide bonds. The number of nitrogens with zero attached hydrogens (tertiary/aromatic N) is 3. The van der Waals surface area contributed by atoms with E-state index >= 15 is 0 Å². The third-order valence-electron chi connectivity index (χ3n) is 5.37. The first-order chi connectivity index (χ1) is 13.9. The van der Waals surface area contributed by atoms with Gasteiger partial charge in [-0.3, -0.25) is 9.59 Å². The number of carbonyl (C=O) groups is 2. The summed E-state index contributed by atoms with van der Waals surface area (Å²) in [5.41, 5.74) is 1.89. The van der Waals surface area contributed by atoms with E-state index in [2.05, 4.69) is 27.8 Å². The van der Waals surface area contributed by atoms with Crippen LogP contribution >= 0.6 is 11.8 Å². The SMILES string of the molecule is Cc1ccc(NC(=O)Cc2nnc(SCC(=O)N[C@H]3CCCC[C@H]3C)n2C)cc1. The minimum absolute atomic E-state index is 0.0235. The molecular formula is C21H29N5O2S. The first-order valence-electron chi connectivity index (χ1n) is 10.1. The van der Waals surface area contributed by atoms with E-state index < -0.39 is 0 Å². The second kappa shape index (κ2) is 9.91. The Morgan fingerprint density at radius 3 is 2.59 bits per heavy atom. The Hall–Kier alpha value is -2.35. The normalized spacial score (nSPS) is 19.0. The molecule has 2 aromatic rings. The predicted molar refractivity (Wildman–Crippen MR) is 115 cm³/mol. The van der Waals surface area contributed by atoms with E-state index in [9.17, 15) is 9.59 Å². The number of benzene rings is 1. The number of aromatic nitrogens is 3. The summed E-state index contributed by atoms with van der Waals surface area (Å²) < 4.78 is 1.77. The second-order valence-electron chi connectivity index (χ2n) is 7.77. The van der Waals surface area contributed by atoms with E-state index in [1.165, 1.54) is 31.0 Å². The molecule has 0 spiro atoms. The van der Waals surface area contributed by atoms with Crippen LogP contribution in [-0.4, -0.2) is 38.4 Å². The highest BCUT2D eigenvalue weighted by atomic mass is 32.2. The lowest BCUT2D eigenvalue weighted by atomic mass is 9.86. The summed E-state index contributed by atoms with van der Waals surface area (Å²) in [7, 11) is 1.82. The zero-order chi connectivity index (χ0) is 20.8. The third kappa shape index (κ3) is 6.06. The van der Waals surface area contributed by atoms with Crippen LogP contribution < -0.4 is 10.6 Å². The molecule has 1 heterocycles. The van der Waals surface area contributed by atoms with Gasteiger partial charge in [0.25, 0.3) is 0 Å². The maximum atomic E-state index is 12.3. The summed E-state index contributed by atoms with van der Waals surface area (Å²) in [4.78, 5) is 24.6. The number of hydrogen-bond donors (Lipinski definition) is 2. The Bertz CT molecular complexity index is 849. The number of anilines is 1. The minimum atomic E-state index is -0.148. The number of carbonyl (C=O) groups excluding carboxylic acids is 2. The molecule has 0 unspecified atom stereocenters. The lowest BCUT2D eigenvalue weighted by Gasteiger charge is -2.29. The molecule has 3 rings (SSSR count). The molecular weight excluding hydrogens is 386 g/mol. The van der Waals surface area contributed by atoms with Crippen molar-refractivity contribution < 1.29 is 9.59 Å². The average molecular weight is 416 g/mol. The summed E-state index contributed by atoms with van der Waals surface area (Å²) in [6, 6.07) is 7.92. The summed E-state index contributed by atoms with van der Waals surface area (Å²) in [6.07, 6.45) is 4.79. The van der Waals surface area contributed by atoms with Gasteiger partial charge in [0.05, 0.1) is 12.2 Å². The zero-order valence-electron chi connectivity index (χ0n) is 17.3. The first kappa shape index (κ1) is 21.4. The van der Waals surface area contributed by atoms with Crippen molar-refractivity contribution >= 4 is 29.3 Å². The molecule has 7 nitrogen and oxygen atoms in total. The monoisotopic (exact) mass is 415 g/mol. The molecule has 1 aromatic carbocycles. The summed E-state index contributed by atoms with van der Waals surface area (Å²) >= 11 is 1.34. The fourth-order valence-electron chi connectivity index (χ4n) is 3.52. The highest BCUT2D eigenvalue weighted by Crippen LogP contribution is 2.24. The Morgan fingerprint density at radius 2 is 1.86 bits per heavy atom. The average Bonchev–Trinajstić information content (AvgIpc) is 3.03. The lowest BCUT2D eigenvalue weighted by Crippen LogP contribution is -2.41. The van der Waals surface area contributed by atoms with E-state index in [1.807, 2.05) is 38.2 Å². The number of nitrogens with one attached hydrogen (secondary N) is 2. The highest BCUT2D eigenvalue weighted by molar-refractivity contribution is 7.99.